The fourth-order valence-corrected chi connectivity index (χ4v) is 5.03. The standard InChI is InChI=1S/C25H26N4O4/c30-22-9-8-21(23(31)28-22)29-24(32)17-7-6-15(12-18(17)25(29)33)13-27-20-10-11-26-14-19(20)16-4-2-1-3-5-16/h1-7,12,19-21,26-27H,8-11,13-14H2,(H,28,30,31). The summed E-state index contributed by atoms with van der Waals surface area (Å²) in [7, 11) is 0. The molecule has 3 heterocycles. The smallest absolute Gasteiger partial charge is 0.262 e. The second kappa shape index (κ2) is 8.88. The van der Waals surface area contributed by atoms with E-state index in [-0.39, 0.29) is 18.7 Å². The lowest BCUT2D eigenvalue weighted by Gasteiger charge is -2.33. The van der Waals surface area contributed by atoms with Gasteiger partial charge in [0.25, 0.3) is 11.8 Å². The van der Waals surface area contributed by atoms with Crippen LogP contribution >= 0.6 is 0 Å². The monoisotopic (exact) mass is 446 g/mol. The quantitative estimate of drug-likeness (QED) is 0.598. The fraction of sp³-hybridized carbons (Fsp3) is 0.360. The molecule has 0 bridgehead atoms. The minimum Gasteiger partial charge on any atom is -0.316 e. The van der Waals surface area contributed by atoms with Crippen LogP contribution < -0.4 is 16.0 Å². The highest BCUT2D eigenvalue weighted by molar-refractivity contribution is 6.23. The van der Waals surface area contributed by atoms with Crippen LogP contribution in [0.1, 0.15) is 57.0 Å². The summed E-state index contributed by atoms with van der Waals surface area (Å²) in [5, 5.41) is 9.33. The SMILES string of the molecule is O=C1CCC(N2C(=O)c3ccc(CNC4CCNCC4c4ccccc4)cc3C2=O)C(=O)N1. The Bertz CT molecular complexity index is 1120. The van der Waals surface area contributed by atoms with Crippen LogP contribution in [-0.2, 0) is 16.1 Å². The van der Waals surface area contributed by atoms with E-state index < -0.39 is 23.8 Å². The highest BCUT2D eigenvalue weighted by atomic mass is 16.2. The Morgan fingerprint density at radius 1 is 0.939 bits per heavy atom. The van der Waals surface area contributed by atoms with Gasteiger partial charge in [-0.15, -0.1) is 0 Å². The Morgan fingerprint density at radius 2 is 1.73 bits per heavy atom. The minimum absolute atomic E-state index is 0.109. The molecule has 5 rings (SSSR count). The van der Waals surface area contributed by atoms with Gasteiger partial charge in [-0.3, -0.25) is 29.4 Å². The van der Waals surface area contributed by atoms with Crippen molar-refractivity contribution in [2.24, 2.45) is 0 Å². The summed E-state index contributed by atoms with van der Waals surface area (Å²) in [5.41, 5.74) is 2.81. The number of hydrogen-bond acceptors (Lipinski definition) is 6. The molecule has 0 aromatic heterocycles. The summed E-state index contributed by atoms with van der Waals surface area (Å²) in [6.45, 7) is 2.42. The molecule has 2 aromatic rings. The van der Waals surface area contributed by atoms with Gasteiger partial charge in [-0.25, -0.2) is 0 Å². The number of nitrogens with zero attached hydrogens (tertiary/aromatic N) is 1. The summed E-state index contributed by atoms with van der Waals surface area (Å²) in [5.74, 6) is -1.59. The van der Waals surface area contributed by atoms with Gasteiger partial charge in [-0.05, 0) is 42.6 Å². The molecule has 170 valence electrons. The number of benzene rings is 2. The summed E-state index contributed by atoms with van der Waals surface area (Å²) in [4.78, 5) is 50.6. The summed E-state index contributed by atoms with van der Waals surface area (Å²) in [6, 6.07) is 15.0. The molecule has 2 aromatic carbocycles. The van der Waals surface area contributed by atoms with Gasteiger partial charge in [-0.2, -0.15) is 0 Å². The maximum atomic E-state index is 13.0. The highest BCUT2D eigenvalue weighted by Crippen LogP contribution is 2.29. The van der Waals surface area contributed by atoms with Crippen molar-refractivity contribution in [3.8, 4) is 0 Å². The van der Waals surface area contributed by atoms with E-state index in [0.717, 1.165) is 30.0 Å². The average Bonchev–Trinajstić information content (AvgIpc) is 3.08. The molecule has 0 spiro atoms. The van der Waals surface area contributed by atoms with Crippen LogP contribution in [0.5, 0.6) is 0 Å². The molecule has 3 aliphatic rings. The van der Waals surface area contributed by atoms with E-state index in [0.29, 0.717) is 29.6 Å². The summed E-state index contributed by atoms with van der Waals surface area (Å²) < 4.78 is 0. The highest BCUT2D eigenvalue weighted by Gasteiger charge is 2.44. The molecular formula is C25H26N4O4. The Labute approximate surface area is 191 Å². The van der Waals surface area contributed by atoms with Gasteiger partial charge in [-0.1, -0.05) is 36.4 Å². The maximum absolute atomic E-state index is 13.0. The number of carbonyl (C=O) groups is 4. The first-order valence-electron chi connectivity index (χ1n) is 11.4. The van der Waals surface area contributed by atoms with Crippen molar-refractivity contribution in [2.75, 3.05) is 13.1 Å². The largest absolute Gasteiger partial charge is 0.316 e. The maximum Gasteiger partial charge on any atom is 0.262 e. The van der Waals surface area contributed by atoms with E-state index >= 15 is 0 Å². The Morgan fingerprint density at radius 3 is 2.52 bits per heavy atom. The molecule has 3 N–H and O–H groups in total. The first-order valence-corrected chi connectivity index (χ1v) is 11.4. The average molecular weight is 447 g/mol. The summed E-state index contributed by atoms with van der Waals surface area (Å²) >= 11 is 0. The number of piperidine rings is 2. The predicted octanol–water partition coefficient (Wildman–Crippen LogP) is 1.32. The van der Waals surface area contributed by atoms with Crippen LogP contribution in [-0.4, -0.2) is 53.7 Å². The number of carbonyl (C=O) groups excluding carboxylic acids is 4. The van der Waals surface area contributed by atoms with Gasteiger partial charge in [0, 0.05) is 31.5 Å². The second-order valence-electron chi connectivity index (χ2n) is 8.82. The Hall–Kier alpha value is -3.36. The Kier molecular flexibility index (Phi) is 5.78. The Balaban J connectivity index is 1.30. The first-order chi connectivity index (χ1) is 16.0. The van der Waals surface area contributed by atoms with Gasteiger partial charge >= 0.3 is 0 Å². The molecule has 8 nitrogen and oxygen atoms in total. The van der Waals surface area contributed by atoms with Gasteiger partial charge < -0.3 is 10.6 Å². The number of amides is 4. The van der Waals surface area contributed by atoms with E-state index in [9.17, 15) is 19.2 Å². The molecule has 8 heteroatoms. The van der Waals surface area contributed by atoms with Crippen LogP contribution in [0.25, 0.3) is 0 Å². The summed E-state index contributed by atoms with van der Waals surface area (Å²) in [6.07, 6.45) is 1.25. The molecule has 2 fully saturated rings. The molecule has 3 atom stereocenters. The number of hydrogen-bond donors (Lipinski definition) is 3. The first kappa shape index (κ1) is 21.5. The van der Waals surface area contributed by atoms with Crippen molar-refractivity contribution in [1.82, 2.24) is 20.9 Å². The molecular weight excluding hydrogens is 420 g/mol. The van der Waals surface area contributed by atoms with Gasteiger partial charge in [0.2, 0.25) is 11.8 Å². The van der Waals surface area contributed by atoms with Crippen LogP contribution in [0.2, 0.25) is 0 Å². The molecule has 33 heavy (non-hydrogen) atoms. The van der Waals surface area contributed by atoms with Crippen molar-refractivity contribution in [3.63, 3.8) is 0 Å². The third-order valence-electron chi connectivity index (χ3n) is 6.78. The fourth-order valence-electron chi connectivity index (χ4n) is 5.03. The lowest BCUT2D eigenvalue weighted by atomic mass is 9.87. The zero-order valence-corrected chi connectivity index (χ0v) is 18.2. The van der Waals surface area contributed by atoms with Crippen molar-refractivity contribution in [2.45, 2.75) is 43.8 Å². The van der Waals surface area contributed by atoms with Crippen LogP contribution in [0, 0.1) is 0 Å². The molecule has 2 saturated heterocycles. The normalized spacial score (nSPS) is 25.2. The molecule has 3 aliphatic heterocycles. The molecule has 0 aliphatic carbocycles. The van der Waals surface area contributed by atoms with Gasteiger partial charge in [0.05, 0.1) is 11.1 Å². The van der Waals surface area contributed by atoms with E-state index in [1.165, 1.54) is 5.56 Å². The topological polar surface area (TPSA) is 108 Å². The number of rotatable bonds is 5. The number of imide groups is 2. The van der Waals surface area contributed by atoms with E-state index in [1.54, 1.807) is 12.1 Å². The van der Waals surface area contributed by atoms with Gasteiger partial charge in [0.1, 0.15) is 6.04 Å². The zero-order chi connectivity index (χ0) is 22.9. The molecule has 0 radical (unpaired) electrons. The van der Waals surface area contributed by atoms with Crippen LogP contribution in [0.4, 0.5) is 0 Å². The molecule has 0 saturated carbocycles. The van der Waals surface area contributed by atoms with Crippen LogP contribution in [0.15, 0.2) is 48.5 Å². The van der Waals surface area contributed by atoms with Gasteiger partial charge in [0.15, 0.2) is 0 Å². The second-order valence-corrected chi connectivity index (χ2v) is 8.82. The number of fused-ring (bicyclic) bond motifs is 1. The van der Waals surface area contributed by atoms with E-state index in [2.05, 4.69) is 40.2 Å². The van der Waals surface area contributed by atoms with Crippen molar-refractivity contribution >= 4 is 23.6 Å². The molecule has 4 amide bonds. The van der Waals surface area contributed by atoms with E-state index in [1.807, 2.05) is 12.1 Å². The lowest BCUT2D eigenvalue weighted by Crippen LogP contribution is -2.54. The van der Waals surface area contributed by atoms with E-state index in [4.69, 9.17) is 0 Å². The van der Waals surface area contributed by atoms with Crippen molar-refractivity contribution in [1.29, 1.82) is 0 Å². The van der Waals surface area contributed by atoms with Crippen molar-refractivity contribution in [3.05, 3.63) is 70.8 Å². The van der Waals surface area contributed by atoms with Crippen LogP contribution in [0.3, 0.4) is 0 Å². The lowest BCUT2D eigenvalue weighted by molar-refractivity contribution is -0.136. The predicted molar refractivity (Wildman–Crippen MR) is 120 cm³/mol. The minimum atomic E-state index is -0.946. The number of nitrogens with one attached hydrogen (secondary N) is 3. The van der Waals surface area contributed by atoms with Crippen molar-refractivity contribution < 1.29 is 19.2 Å². The third-order valence-corrected chi connectivity index (χ3v) is 6.78. The molecule has 3 unspecified atom stereocenters. The zero-order valence-electron chi connectivity index (χ0n) is 18.2. The third kappa shape index (κ3) is 4.07.